The van der Waals surface area contributed by atoms with Crippen molar-refractivity contribution in [3.63, 3.8) is 0 Å². The Morgan fingerprint density at radius 1 is 0.882 bits per heavy atom. The molecule has 9 heteroatoms. The lowest BCUT2D eigenvalue weighted by Gasteiger charge is -2.35. The van der Waals surface area contributed by atoms with E-state index in [9.17, 15) is 19.2 Å². The molecule has 1 heterocycles. The predicted molar refractivity (Wildman–Crippen MR) is 128 cm³/mol. The molecule has 1 saturated heterocycles. The molecular formula is C25H21Cl3N2O4. The van der Waals surface area contributed by atoms with Gasteiger partial charge in [0.25, 0.3) is 17.7 Å². The second-order valence-corrected chi connectivity index (χ2v) is 10.4. The molecule has 2 aliphatic carbocycles. The minimum Gasteiger partial charge on any atom is -0.292 e. The van der Waals surface area contributed by atoms with Gasteiger partial charge in [0.05, 0.1) is 21.9 Å². The standard InChI is InChI=1S/C25H21Cl3N2O4/c1-12(22(31)13-4-7-17(26)8-5-13)29(23(32)16-6-9-18(27)19(28)11-16)30-24(33)20-14-2-3-15(10-14)21(20)25(30)34/h4-9,11-12,14-15,20-21H,2-3,10H2,1H3/t12-,14+,15+,20-,21-/m1/s1. The molecule has 3 aliphatic rings. The van der Waals surface area contributed by atoms with Gasteiger partial charge in [0.15, 0.2) is 5.78 Å². The number of hydrogen-bond acceptors (Lipinski definition) is 4. The predicted octanol–water partition coefficient (Wildman–Crippen LogP) is 5.31. The summed E-state index contributed by atoms with van der Waals surface area (Å²) in [7, 11) is 0. The highest BCUT2D eigenvalue weighted by molar-refractivity contribution is 6.42. The van der Waals surface area contributed by atoms with E-state index in [1.807, 2.05) is 0 Å². The molecule has 176 valence electrons. The lowest BCUT2D eigenvalue weighted by Crippen LogP contribution is -2.56. The van der Waals surface area contributed by atoms with E-state index in [0.717, 1.165) is 29.3 Å². The summed E-state index contributed by atoms with van der Waals surface area (Å²) in [5.41, 5.74) is 0.425. The van der Waals surface area contributed by atoms with Crippen LogP contribution in [-0.4, -0.2) is 39.6 Å². The van der Waals surface area contributed by atoms with Crippen LogP contribution in [0.5, 0.6) is 0 Å². The van der Waals surface area contributed by atoms with Gasteiger partial charge in [-0.05, 0) is 80.5 Å². The molecule has 0 radical (unpaired) electrons. The first-order valence-corrected chi connectivity index (χ1v) is 12.3. The van der Waals surface area contributed by atoms with Crippen LogP contribution >= 0.6 is 34.8 Å². The number of Topliss-reactive ketones (excluding diaryl/α,β-unsaturated/α-hetero) is 1. The van der Waals surface area contributed by atoms with Crippen molar-refractivity contribution in [2.45, 2.75) is 32.2 Å². The first-order chi connectivity index (χ1) is 16.2. The Hall–Kier alpha value is -2.41. The Morgan fingerprint density at radius 2 is 1.44 bits per heavy atom. The van der Waals surface area contributed by atoms with E-state index in [-0.39, 0.29) is 27.4 Å². The molecule has 1 aliphatic heterocycles. The molecule has 2 aromatic carbocycles. The van der Waals surface area contributed by atoms with Gasteiger partial charge in [0, 0.05) is 16.1 Å². The molecule has 3 amide bonds. The van der Waals surface area contributed by atoms with Crippen molar-refractivity contribution >= 4 is 58.3 Å². The Balaban J connectivity index is 1.55. The van der Waals surface area contributed by atoms with Gasteiger partial charge >= 0.3 is 0 Å². The van der Waals surface area contributed by atoms with Gasteiger partial charge in [-0.15, -0.1) is 0 Å². The highest BCUT2D eigenvalue weighted by atomic mass is 35.5. The van der Waals surface area contributed by atoms with Gasteiger partial charge in [0.1, 0.15) is 6.04 Å². The molecule has 0 spiro atoms. The van der Waals surface area contributed by atoms with Crippen LogP contribution < -0.4 is 0 Å². The summed E-state index contributed by atoms with van der Waals surface area (Å²) < 4.78 is 0. The van der Waals surface area contributed by atoms with E-state index < -0.39 is 41.4 Å². The summed E-state index contributed by atoms with van der Waals surface area (Å²) >= 11 is 18.1. The maximum atomic E-state index is 13.7. The summed E-state index contributed by atoms with van der Waals surface area (Å²) in [6.45, 7) is 1.51. The zero-order chi connectivity index (χ0) is 24.3. The van der Waals surface area contributed by atoms with Gasteiger partial charge in [-0.2, -0.15) is 5.01 Å². The van der Waals surface area contributed by atoms with Crippen LogP contribution in [0.2, 0.25) is 15.1 Å². The Morgan fingerprint density at radius 3 is 2.00 bits per heavy atom. The summed E-state index contributed by atoms with van der Waals surface area (Å²) in [5.74, 6) is -2.52. The number of halogens is 3. The zero-order valence-electron chi connectivity index (χ0n) is 18.2. The molecule has 2 saturated carbocycles. The Bertz CT molecular complexity index is 1190. The number of carbonyl (C=O) groups excluding carboxylic acids is 4. The minimum atomic E-state index is -1.13. The van der Waals surface area contributed by atoms with Crippen molar-refractivity contribution < 1.29 is 19.2 Å². The SMILES string of the molecule is C[C@H](C(=O)c1ccc(Cl)cc1)N(C(=O)c1ccc(Cl)c(Cl)c1)N1C(=O)[C@@H]2[C@H]3CC[C@@H](C3)[C@H]2C1=O. The monoisotopic (exact) mass is 518 g/mol. The smallest absolute Gasteiger partial charge is 0.273 e. The van der Waals surface area contributed by atoms with E-state index in [1.54, 1.807) is 24.3 Å². The number of fused-ring (bicyclic) bond motifs is 5. The summed E-state index contributed by atoms with van der Waals surface area (Å²) in [5, 5.41) is 2.79. The largest absolute Gasteiger partial charge is 0.292 e. The number of hydrogen-bond donors (Lipinski definition) is 0. The number of nitrogens with zero attached hydrogens (tertiary/aromatic N) is 2. The number of ketones is 1. The second-order valence-electron chi connectivity index (χ2n) is 9.20. The van der Waals surface area contributed by atoms with Crippen LogP contribution in [0.3, 0.4) is 0 Å². The fourth-order valence-electron chi connectivity index (χ4n) is 5.77. The molecule has 2 bridgehead atoms. The number of benzene rings is 2. The molecule has 0 N–H and O–H groups in total. The normalized spacial score (nSPS) is 26.1. The van der Waals surface area contributed by atoms with Crippen LogP contribution in [0.25, 0.3) is 0 Å². The topological polar surface area (TPSA) is 74.8 Å². The third-order valence-electron chi connectivity index (χ3n) is 7.37. The van der Waals surface area contributed by atoms with Crippen molar-refractivity contribution in [3.05, 3.63) is 68.7 Å². The third kappa shape index (κ3) is 3.63. The fraction of sp³-hybridized carbons (Fsp3) is 0.360. The van der Waals surface area contributed by atoms with E-state index in [4.69, 9.17) is 34.8 Å². The van der Waals surface area contributed by atoms with Gasteiger partial charge in [-0.3, -0.25) is 19.2 Å². The van der Waals surface area contributed by atoms with Crippen LogP contribution in [0.4, 0.5) is 0 Å². The van der Waals surface area contributed by atoms with Crippen molar-refractivity contribution in [3.8, 4) is 0 Å². The molecule has 34 heavy (non-hydrogen) atoms. The van der Waals surface area contributed by atoms with Crippen molar-refractivity contribution in [1.82, 2.24) is 10.0 Å². The number of carbonyl (C=O) groups is 4. The molecule has 5 atom stereocenters. The zero-order valence-corrected chi connectivity index (χ0v) is 20.5. The Kier molecular flexibility index (Phi) is 5.95. The maximum Gasteiger partial charge on any atom is 0.273 e. The van der Waals surface area contributed by atoms with Crippen LogP contribution in [0, 0.1) is 23.7 Å². The molecule has 0 aromatic heterocycles. The van der Waals surface area contributed by atoms with E-state index in [0.29, 0.717) is 10.6 Å². The van der Waals surface area contributed by atoms with E-state index in [1.165, 1.54) is 25.1 Å². The average molecular weight is 520 g/mol. The first kappa shape index (κ1) is 23.3. The lowest BCUT2D eigenvalue weighted by atomic mass is 9.81. The average Bonchev–Trinajstić information content (AvgIpc) is 3.51. The molecule has 6 nitrogen and oxygen atoms in total. The van der Waals surface area contributed by atoms with Gasteiger partial charge in [-0.25, -0.2) is 5.01 Å². The van der Waals surface area contributed by atoms with Crippen molar-refractivity contribution in [2.24, 2.45) is 23.7 Å². The number of imide groups is 1. The van der Waals surface area contributed by atoms with Crippen LogP contribution in [0.15, 0.2) is 42.5 Å². The molecular weight excluding hydrogens is 499 g/mol. The summed E-state index contributed by atoms with van der Waals surface area (Å²) in [6, 6.07) is 9.39. The third-order valence-corrected chi connectivity index (χ3v) is 8.36. The lowest BCUT2D eigenvalue weighted by molar-refractivity contribution is -0.157. The van der Waals surface area contributed by atoms with Crippen LogP contribution in [-0.2, 0) is 9.59 Å². The van der Waals surface area contributed by atoms with Gasteiger partial charge < -0.3 is 0 Å². The highest BCUT2D eigenvalue weighted by Gasteiger charge is 2.63. The first-order valence-electron chi connectivity index (χ1n) is 11.1. The van der Waals surface area contributed by atoms with Gasteiger partial charge in [0.2, 0.25) is 0 Å². The number of rotatable bonds is 5. The highest BCUT2D eigenvalue weighted by Crippen LogP contribution is 2.56. The maximum absolute atomic E-state index is 13.7. The minimum absolute atomic E-state index is 0.116. The van der Waals surface area contributed by atoms with Crippen molar-refractivity contribution in [1.29, 1.82) is 0 Å². The molecule has 2 aromatic rings. The van der Waals surface area contributed by atoms with E-state index in [2.05, 4.69) is 0 Å². The summed E-state index contributed by atoms with van der Waals surface area (Å²) in [6.07, 6.45) is 2.66. The number of hydrazine groups is 1. The van der Waals surface area contributed by atoms with Gasteiger partial charge in [-0.1, -0.05) is 34.8 Å². The quantitative estimate of drug-likeness (QED) is 0.396. The van der Waals surface area contributed by atoms with Crippen LogP contribution in [0.1, 0.15) is 46.9 Å². The summed E-state index contributed by atoms with van der Waals surface area (Å²) in [4.78, 5) is 54.2. The second kappa shape index (κ2) is 8.67. The van der Waals surface area contributed by atoms with Crippen molar-refractivity contribution in [2.75, 3.05) is 0 Å². The number of amides is 3. The fourth-order valence-corrected chi connectivity index (χ4v) is 6.20. The molecule has 0 unspecified atom stereocenters. The van der Waals surface area contributed by atoms with E-state index >= 15 is 0 Å². The molecule has 5 rings (SSSR count). The molecule has 3 fully saturated rings. The Labute approximate surface area is 211 Å².